The third-order valence-corrected chi connectivity index (χ3v) is 3.52. The highest BCUT2D eigenvalue weighted by Crippen LogP contribution is 2.24. The molecule has 0 unspecified atom stereocenters. The number of hydrogen-bond acceptors (Lipinski definition) is 3. The molecule has 22 heavy (non-hydrogen) atoms. The fourth-order valence-corrected chi connectivity index (χ4v) is 2.11. The lowest BCUT2D eigenvalue weighted by Gasteiger charge is -2.08. The summed E-state index contributed by atoms with van der Waals surface area (Å²) in [6.07, 6.45) is 2.89. The third-order valence-electron chi connectivity index (χ3n) is 2.57. The van der Waals surface area contributed by atoms with Crippen molar-refractivity contribution in [2.45, 2.75) is 6.92 Å². The first-order chi connectivity index (χ1) is 10.4. The Labute approximate surface area is 143 Å². The summed E-state index contributed by atoms with van der Waals surface area (Å²) in [5.74, 6) is 1.000. The molecule has 2 aromatic rings. The van der Waals surface area contributed by atoms with Gasteiger partial charge >= 0.3 is 0 Å². The van der Waals surface area contributed by atoms with Gasteiger partial charge in [-0.05, 0) is 55.5 Å². The minimum Gasteiger partial charge on any atom is -0.462 e. The molecular formula is C15H12Cl2N2O2S. The molecule has 0 aliphatic heterocycles. The van der Waals surface area contributed by atoms with Crippen molar-refractivity contribution in [3.8, 4) is 0 Å². The maximum Gasteiger partial charge on any atom is 0.250 e. The molecule has 0 saturated carbocycles. The van der Waals surface area contributed by atoms with Crippen LogP contribution < -0.4 is 10.6 Å². The highest BCUT2D eigenvalue weighted by molar-refractivity contribution is 7.80. The van der Waals surface area contributed by atoms with Gasteiger partial charge in [0.25, 0.3) is 0 Å². The van der Waals surface area contributed by atoms with Crippen LogP contribution in [-0.2, 0) is 4.79 Å². The lowest BCUT2D eigenvalue weighted by atomic mass is 10.3. The Morgan fingerprint density at radius 1 is 1.23 bits per heavy atom. The molecule has 0 atom stereocenters. The van der Waals surface area contributed by atoms with Gasteiger partial charge in [-0.15, -0.1) is 0 Å². The number of furan rings is 1. The van der Waals surface area contributed by atoms with Crippen molar-refractivity contribution in [3.63, 3.8) is 0 Å². The first-order valence-corrected chi connectivity index (χ1v) is 7.42. The zero-order chi connectivity index (χ0) is 16.1. The Morgan fingerprint density at radius 2 is 2.00 bits per heavy atom. The van der Waals surface area contributed by atoms with Gasteiger partial charge in [-0.3, -0.25) is 10.1 Å². The predicted molar refractivity (Wildman–Crippen MR) is 93.3 cm³/mol. The average molecular weight is 355 g/mol. The highest BCUT2D eigenvalue weighted by atomic mass is 35.5. The number of thiocarbonyl (C=S) groups is 1. The molecule has 0 radical (unpaired) electrons. The summed E-state index contributed by atoms with van der Waals surface area (Å²) >= 11 is 16.8. The van der Waals surface area contributed by atoms with Gasteiger partial charge < -0.3 is 9.73 Å². The van der Waals surface area contributed by atoms with Crippen molar-refractivity contribution in [3.05, 3.63) is 58.0 Å². The van der Waals surface area contributed by atoms with Crippen LogP contribution in [0.3, 0.4) is 0 Å². The minimum atomic E-state index is -0.369. The van der Waals surface area contributed by atoms with Crippen LogP contribution in [0, 0.1) is 6.92 Å². The lowest BCUT2D eigenvalue weighted by Crippen LogP contribution is -2.32. The van der Waals surface area contributed by atoms with Crippen molar-refractivity contribution in [2.75, 3.05) is 5.32 Å². The summed E-state index contributed by atoms with van der Waals surface area (Å²) in [7, 11) is 0. The largest absolute Gasteiger partial charge is 0.462 e. The van der Waals surface area contributed by atoms with Crippen LogP contribution in [-0.4, -0.2) is 11.0 Å². The summed E-state index contributed by atoms with van der Waals surface area (Å²) in [5, 5.41) is 6.36. The second-order valence-electron chi connectivity index (χ2n) is 4.35. The number of aryl methyl sites for hydroxylation is 1. The molecule has 0 bridgehead atoms. The van der Waals surface area contributed by atoms with Gasteiger partial charge in [0.1, 0.15) is 11.5 Å². The Kier molecular flexibility index (Phi) is 5.60. The summed E-state index contributed by atoms with van der Waals surface area (Å²) in [4.78, 5) is 11.7. The number of carbonyl (C=O) groups excluding carboxylic acids is 1. The molecule has 2 rings (SSSR count). The summed E-state index contributed by atoms with van der Waals surface area (Å²) in [6.45, 7) is 1.83. The van der Waals surface area contributed by atoms with Crippen molar-refractivity contribution in [1.82, 2.24) is 5.32 Å². The van der Waals surface area contributed by atoms with Crippen molar-refractivity contribution in [2.24, 2.45) is 0 Å². The Morgan fingerprint density at radius 3 is 2.64 bits per heavy atom. The van der Waals surface area contributed by atoms with Crippen LogP contribution in [0.4, 0.5) is 5.69 Å². The molecule has 0 aliphatic carbocycles. The summed E-state index contributed by atoms with van der Waals surface area (Å²) < 4.78 is 5.32. The van der Waals surface area contributed by atoms with Gasteiger partial charge in [0.2, 0.25) is 5.91 Å². The first kappa shape index (κ1) is 16.5. The van der Waals surface area contributed by atoms with Gasteiger partial charge in [0.15, 0.2) is 5.11 Å². The van der Waals surface area contributed by atoms with Gasteiger partial charge in [0, 0.05) is 11.8 Å². The molecule has 114 valence electrons. The second-order valence-corrected chi connectivity index (χ2v) is 5.58. The van der Waals surface area contributed by atoms with E-state index in [4.69, 9.17) is 39.8 Å². The van der Waals surface area contributed by atoms with Crippen LogP contribution in [0.15, 0.2) is 40.8 Å². The number of amides is 1. The fraction of sp³-hybridized carbons (Fsp3) is 0.0667. The normalized spacial score (nSPS) is 10.7. The van der Waals surface area contributed by atoms with E-state index in [1.54, 1.807) is 30.3 Å². The van der Waals surface area contributed by atoms with Crippen molar-refractivity contribution >= 4 is 58.2 Å². The minimum absolute atomic E-state index is 0.156. The van der Waals surface area contributed by atoms with E-state index in [0.717, 1.165) is 5.76 Å². The van der Waals surface area contributed by atoms with Crippen molar-refractivity contribution < 1.29 is 9.21 Å². The zero-order valence-corrected chi connectivity index (χ0v) is 13.9. The molecule has 7 heteroatoms. The molecule has 1 aromatic carbocycles. The van der Waals surface area contributed by atoms with Gasteiger partial charge in [-0.25, -0.2) is 0 Å². The number of rotatable bonds is 3. The van der Waals surface area contributed by atoms with Gasteiger partial charge in [0.05, 0.1) is 10.0 Å². The standard InChI is InChI=1S/C15H12Cl2N2O2S/c1-9-2-4-11(21-9)5-7-14(20)19-15(22)18-10-3-6-12(16)13(17)8-10/h2-8H,1H3,(H2,18,19,20,22). The van der Waals surface area contributed by atoms with Crippen LogP contribution in [0.1, 0.15) is 11.5 Å². The van der Waals surface area contributed by atoms with Gasteiger partial charge in [-0.2, -0.15) is 0 Å². The number of halogens is 2. The number of anilines is 1. The highest BCUT2D eigenvalue weighted by Gasteiger charge is 2.04. The zero-order valence-electron chi connectivity index (χ0n) is 11.5. The number of carbonyl (C=O) groups is 1. The van der Waals surface area contributed by atoms with E-state index in [-0.39, 0.29) is 11.0 Å². The molecule has 0 saturated heterocycles. The van der Waals surface area contributed by atoms with E-state index in [2.05, 4.69) is 10.6 Å². The molecule has 2 N–H and O–H groups in total. The maximum absolute atomic E-state index is 11.7. The maximum atomic E-state index is 11.7. The lowest BCUT2D eigenvalue weighted by molar-refractivity contribution is -0.115. The van der Waals surface area contributed by atoms with E-state index >= 15 is 0 Å². The summed E-state index contributed by atoms with van der Waals surface area (Å²) in [6, 6.07) is 8.53. The van der Waals surface area contributed by atoms with E-state index < -0.39 is 0 Å². The fourth-order valence-electron chi connectivity index (χ4n) is 1.59. The SMILES string of the molecule is Cc1ccc(C=CC(=O)NC(=S)Nc2ccc(Cl)c(Cl)c2)o1. The Balaban J connectivity index is 1.89. The second kappa shape index (κ2) is 7.45. The van der Waals surface area contributed by atoms with Crippen LogP contribution in [0.2, 0.25) is 10.0 Å². The molecule has 0 fully saturated rings. The van der Waals surface area contributed by atoms with E-state index in [1.807, 2.05) is 13.0 Å². The molecule has 1 heterocycles. The Bertz CT molecular complexity index is 741. The smallest absolute Gasteiger partial charge is 0.250 e. The van der Waals surface area contributed by atoms with E-state index in [9.17, 15) is 4.79 Å². The number of nitrogens with one attached hydrogen (secondary N) is 2. The van der Waals surface area contributed by atoms with Crippen LogP contribution in [0.5, 0.6) is 0 Å². The predicted octanol–water partition coefficient (Wildman–Crippen LogP) is 4.42. The molecular weight excluding hydrogens is 343 g/mol. The molecule has 4 nitrogen and oxygen atoms in total. The van der Waals surface area contributed by atoms with Crippen molar-refractivity contribution in [1.29, 1.82) is 0 Å². The van der Waals surface area contributed by atoms with Gasteiger partial charge in [-0.1, -0.05) is 23.2 Å². The Hall–Kier alpha value is -1.82. The first-order valence-electron chi connectivity index (χ1n) is 6.25. The van der Waals surface area contributed by atoms with Crippen LogP contribution >= 0.6 is 35.4 Å². The molecule has 0 aliphatic rings. The average Bonchev–Trinajstić information content (AvgIpc) is 2.86. The summed E-state index contributed by atoms with van der Waals surface area (Å²) in [5.41, 5.74) is 0.630. The molecule has 0 spiro atoms. The topological polar surface area (TPSA) is 54.3 Å². The third kappa shape index (κ3) is 4.87. The number of hydrogen-bond donors (Lipinski definition) is 2. The number of benzene rings is 1. The van der Waals surface area contributed by atoms with E-state index in [0.29, 0.717) is 21.5 Å². The monoisotopic (exact) mass is 354 g/mol. The molecule has 1 amide bonds. The van der Waals surface area contributed by atoms with Crippen LogP contribution in [0.25, 0.3) is 6.08 Å². The van der Waals surface area contributed by atoms with E-state index in [1.165, 1.54) is 6.08 Å². The quantitative estimate of drug-likeness (QED) is 0.632. The molecule has 1 aromatic heterocycles.